The quantitative estimate of drug-likeness (QED) is 0.123. The van der Waals surface area contributed by atoms with Gasteiger partial charge in [0.2, 0.25) is 0 Å². The Kier molecular flexibility index (Phi) is 1.25. The summed E-state index contributed by atoms with van der Waals surface area (Å²) in [5.74, 6) is 0. The summed E-state index contributed by atoms with van der Waals surface area (Å²) in [6.07, 6.45) is 21.9. The van der Waals surface area contributed by atoms with Crippen LogP contribution >= 0.6 is 7.92 Å². The zero-order valence-corrected chi connectivity index (χ0v) is 21.0. The molecule has 28 heavy (non-hydrogen) atoms. The van der Waals surface area contributed by atoms with Gasteiger partial charge in [0.05, 0.1) is 0 Å². The first-order chi connectivity index (χ1) is 13.6. The molecule has 10 fully saturated rings. The van der Waals surface area contributed by atoms with Gasteiger partial charge in [0.1, 0.15) is 0 Å². The molecule has 10 heterocycles. The Bertz CT molecular complexity index is 1010. The van der Waals surface area contributed by atoms with Crippen molar-refractivity contribution in [1.29, 1.82) is 0 Å². The maximum atomic E-state index is 2.36. The Morgan fingerprint density at radius 2 is 0.929 bits per heavy atom. The van der Waals surface area contributed by atoms with Gasteiger partial charge in [0.25, 0.3) is 0 Å². The second-order valence-electron chi connectivity index (χ2n) is 15.2. The van der Waals surface area contributed by atoms with E-state index in [9.17, 15) is 0 Å². The minimum absolute atomic E-state index is 0.481. The van der Waals surface area contributed by atoms with Crippen LogP contribution in [-0.2, 0) is 7.72 Å². The van der Waals surface area contributed by atoms with Crippen molar-refractivity contribution in [1.82, 2.24) is 0 Å². The average Bonchev–Trinajstić information content (AvgIpc) is 3.64. The molecule has 10 aliphatic heterocycles. The van der Waals surface area contributed by atoms with Crippen LogP contribution in [0.15, 0.2) is 0 Å². The maximum absolute atomic E-state index is 3.12. The molecule has 4 unspecified atom stereocenters. The fourth-order valence-electron chi connectivity index (χ4n) is 19.6. The summed E-state index contributed by atoms with van der Waals surface area (Å²) in [6.45, 7) is 4.73. The summed E-state index contributed by atoms with van der Waals surface area (Å²) in [6, 6.07) is 0. The van der Waals surface area contributed by atoms with Gasteiger partial charge in [0, 0.05) is 0 Å². The van der Waals surface area contributed by atoms with E-state index in [2.05, 4.69) is 13.8 Å². The molecule has 0 N–H and O–H groups in total. The van der Waals surface area contributed by atoms with Crippen LogP contribution in [0.1, 0.15) is 90.9 Å². The van der Waals surface area contributed by atoms with Crippen LogP contribution in [0.2, 0.25) is 40.6 Å². The number of rotatable bonds is 15. The molecular formula is C26H43PRu. The molecule has 1 spiro atoms. The molecule has 0 bridgehead atoms. The molecule has 0 aromatic heterocycles. The molecule has 0 aliphatic carbocycles. The fraction of sp³-hybridized carbons (Fsp3) is 1.00. The van der Waals surface area contributed by atoms with Crippen molar-refractivity contribution in [3.8, 4) is 0 Å². The van der Waals surface area contributed by atoms with Gasteiger partial charge in [-0.3, -0.25) is 0 Å². The third-order valence-electron chi connectivity index (χ3n) is 18.6. The Labute approximate surface area is 162 Å². The van der Waals surface area contributed by atoms with Crippen LogP contribution in [0.5, 0.6) is 0 Å². The van der Waals surface area contributed by atoms with Crippen molar-refractivity contribution >= 4 is 7.92 Å². The van der Waals surface area contributed by atoms with Crippen molar-refractivity contribution in [2.45, 2.75) is 135 Å². The van der Waals surface area contributed by atoms with Gasteiger partial charge in [-0.25, -0.2) is 0 Å². The first kappa shape index (κ1) is 15.8. The van der Waals surface area contributed by atoms with Crippen molar-refractivity contribution in [3.63, 3.8) is 0 Å². The Balaban J connectivity index is 0.908. The zero-order chi connectivity index (χ0) is 18.5. The van der Waals surface area contributed by atoms with E-state index in [-0.39, 0.29) is 0 Å². The zero-order valence-electron chi connectivity index (χ0n) is 18.4. The Morgan fingerprint density at radius 1 is 0.536 bits per heavy atom. The van der Waals surface area contributed by atoms with E-state index in [4.69, 9.17) is 0 Å². The van der Waals surface area contributed by atoms with E-state index in [0.717, 1.165) is 0 Å². The predicted octanol–water partition coefficient (Wildman–Crippen LogP) is 9.49. The summed E-state index contributed by atoms with van der Waals surface area (Å²) >= 11 is 0. The Hall–Kier alpha value is 1.05. The molecule has 0 amide bonds. The van der Waals surface area contributed by atoms with Crippen molar-refractivity contribution in [3.05, 3.63) is 0 Å². The van der Waals surface area contributed by atoms with Crippen molar-refractivity contribution in [2.75, 3.05) is 12.3 Å². The average molecular weight is 488 g/mol. The normalized spacial score (nSPS) is 77.3. The number of hydrogen-bond donors (Lipinski definition) is 0. The fourth-order valence-corrected chi connectivity index (χ4v) is 176. The van der Waals surface area contributed by atoms with Gasteiger partial charge < -0.3 is 0 Å². The van der Waals surface area contributed by atoms with E-state index in [1.54, 1.807) is 91.5 Å². The van der Waals surface area contributed by atoms with E-state index in [1.807, 2.05) is 0 Å². The SMILES string of the molecule is CCCCCCCCP(CCCCCCCC)[C]12[CH]3[CH]4[CH]5[CH]1[Ru]45321678[CH]2[CH]1[CH]6[CH]7[CH]28. The van der Waals surface area contributed by atoms with Gasteiger partial charge in [-0.1, -0.05) is 0 Å². The summed E-state index contributed by atoms with van der Waals surface area (Å²) in [4.78, 5) is 0. The van der Waals surface area contributed by atoms with Crippen LogP contribution in [0, 0.1) is 0 Å². The van der Waals surface area contributed by atoms with Gasteiger partial charge in [-0.05, 0) is 0 Å². The monoisotopic (exact) mass is 488 g/mol. The van der Waals surface area contributed by atoms with Crippen LogP contribution in [0.4, 0.5) is 0 Å². The molecule has 0 radical (unpaired) electrons. The van der Waals surface area contributed by atoms with Gasteiger partial charge in [-0.2, -0.15) is 0 Å². The van der Waals surface area contributed by atoms with Crippen LogP contribution < -0.4 is 0 Å². The first-order valence-electron chi connectivity index (χ1n) is 13.5. The summed E-state index contributed by atoms with van der Waals surface area (Å²) < 4.78 is 15.5. The first-order valence-corrected chi connectivity index (χ1v) is 25.1. The van der Waals surface area contributed by atoms with E-state index < -0.39 is 7.72 Å². The standard InChI is InChI=1S/C21H38P.C5H5.Ru/c1-3-5-7-9-11-15-19-22(21-17-13-14-18-21)20-16-12-10-8-6-4-2;1-2-4-5-3-1;/h13-14,17-18H,3-12,15-16,19-20H2,1-2H3;1-5H;. The van der Waals surface area contributed by atoms with Crippen molar-refractivity contribution < 1.29 is 7.72 Å². The third kappa shape index (κ3) is 0.330. The molecule has 10 saturated heterocycles. The van der Waals surface area contributed by atoms with E-state index in [0.29, 0.717) is 7.92 Å². The van der Waals surface area contributed by atoms with Crippen LogP contribution in [0.3, 0.4) is 0 Å². The molecule has 0 aromatic carbocycles. The minimum atomic E-state index is -3.12. The van der Waals surface area contributed by atoms with Gasteiger partial charge >= 0.3 is 163 Å². The number of hydrogen-bond acceptors (Lipinski definition) is 0. The number of fused-ring (bicyclic) bond motifs is 10. The second-order valence-corrected chi connectivity index (χ2v) is 55.6. The molecule has 10 rings (SSSR count). The van der Waals surface area contributed by atoms with Gasteiger partial charge in [0.15, 0.2) is 0 Å². The molecule has 0 nitrogen and oxygen atoms in total. The third-order valence-corrected chi connectivity index (χ3v) is 95.1. The molecule has 4 atom stereocenters. The predicted molar refractivity (Wildman–Crippen MR) is 120 cm³/mol. The van der Waals surface area contributed by atoms with Crippen LogP contribution in [0.25, 0.3) is 0 Å². The summed E-state index contributed by atoms with van der Waals surface area (Å²) in [5.41, 5.74) is 0. The van der Waals surface area contributed by atoms with Crippen LogP contribution in [-0.4, -0.2) is 16.1 Å². The summed E-state index contributed by atoms with van der Waals surface area (Å²) in [7, 11) is -2.64. The molecule has 2 heteroatoms. The molecule has 0 saturated carbocycles. The van der Waals surface area contributed by atoms with E-state index >= 15 is 0 Å². The number of unbranched alkanes of at least 4 members (excludes halogenated alkanes) is 10. The van der Waals surface area contributed by atoms with Gasteiger partial charge in [-0.15, -0.1) is 0 Å². The molecule has 0 aromatic rings. The second kappa shape index (κ2) is 2.23. The Morgan fingerprint density at radius 3 is 1.25 bits per heavy atom. The molecule has 10 aliphatic rings. The summed E-state index contributed by atoms with van der Waals surface area (Å²) in [5, 5.41) is 0. The van der Waals surface area contributed by atoms with Crippen molar-refractivity contribution in [2.24, 2.45) is 0 Å². The molecule has 160 valence electrons. The topological polar surface area (TPSA) is 0 Å². The molecular weight excluding hydrogens is 444 g/mol. The van der Waals surface area contributed by atoms with E-state index in [1.165, 1.54) is 42.3 Å².